The molecule has 0 aromatic rings. The van der Waals surface area contributed by atoms with E-state index >= 15 is 0 Å². The molecule has 0 saturated heterocycles. The lowest BCUT2D eigenvalue weighted by molar-refractivity contribution is -0.123. The Labute approximate surface area is 105 Å². The zero-order valence-corrected chi connectivity index (χ0v) is 11.4. The predicted octanol–water partition coefficient (Wildman–Crippen LogP) is 1.27. The first-order valence-electron chi connectivity index (χ1n) is 6.70. The Morgan fingerprint density at radius 1 is 1.35 bits per heavy atom. The number of hydrogen-bond donors (Lipinski definition) is 3. The summed E-state index contributed by atoms with van der Waals surface area (Å²) in [5.41, 5.74) is 5.84. The van der Waals surface area contributed by atoms with Crippen molar-refractivity contribution in [2.45, 2.75) is 52.5 Å². The van der Waals surface area contributed by atoms with E-state index < -0.39 is 6.04 Å². The van der Waals surface area contributed by atoms with E-state index in [9.17, 15) is 4.79 Å². The summed E-state index contributed by atoms with van der Waals surface area (Å²) in [6.45, 7) is 6.93. The van der Waals surface area contributed by atoms with Crippen LogP contribution < -0.4 is 11.1 Å². The molecule has 4 heteroatoms. The van der Waals surface area contributed by atoms with Crippen LogP contribution in [0.25, 0.3) is 0 Å². The van der Waals surface area contributed by atoms with Crippen molar-refractivity contribution in [2.75, 3.05) is 13.2 Å². The zero-order valence-electron chi connectivity index (χ0n) is 11.4. The molecule has 4 nitrogen and oxygen atoms in total. The Hall–Kier alpha value is -0.610. The zero-order chi connectivity index (χ0) is 13.3. The van der Waals surface area contributed by atoms with Gasteiger partial charge in [0.15, 0.2) is 0 Å². The third kappa shape index (κ3) is 6.64. The lowest BCUT2D eigenvalue weighted by Crippen LogP contribution is -2.46. The second kappa shape index (κ2) is 9.42. The van der Waals surface area contributed by atoms with Gasteiger partial charge in [0.25, 0.3) is 0 Å². The lowest BCUT2D eigenvalue weighted by atomic mass is 9.97. The van der Waals surface area contributed by atoms with Crippen LogP contribution in [0.2, 0.25) is 0 Å². The molecule has 0 aliphatic carbocycles. The van der Waals surface area contributed by atoms with E-state index in [0.29, 0.717) is 12.5 Å². The topological polar surface area (TPSA) is 75.3 Å². The number of hydrogen-bond acceptors (Lipinski definition) is 3. The van der Waals surface area contributed by atoms with Crippen LogP contribution in [0.4, 0.5) is 0 Å². The van der Waals surface area contributed by atoms with E-state index in [1.165, 1.54) is 0 Å². The second-order valence-corrected chi connectivity index (χ2v) is 4.82. The molecule has 0 aliphatic heterocycles. The summed E-state index contributed by atoms with van der Waals surface area (Å²) in [4.78, 5) is 11.8. The summed E-state index contributed by atoms with van der Waals surface area (Å²) in [5.74, 6) is 0.494. The fourth-order valence-electron chi connectivity index (χ4n) is 1.81. The van der Waals surface area contributed by atoms with Gasteiger partial charge < -0.3 is 16.2 Å². The van der Waals surface area contributed by atoms with Crippen molar-refractivity contribution in [3.05, 3.63) is 0 Å². The van der Waals surface area contributed by atoms with Crippen LogP contribution in [0.5, 0.6) is 0 Å². The Kier molecular flexibility index (Phi) is 9.09. The maximum atomic E-state index is 11.8. The standard InChI is InChI=1S/C13H28N2O2/c1-4-6-11(7-8-16)9-15-13(17)12(14)10(3)5-2/h10-12,16H,4-9,14H2,1-3H3,(H,15,17). The molecule has 0 aromatic carbocycles. The Bertz CT molecular complexity index is 204. The third-order valence-corrected chi connectivity index (χ3v) is 3.36. The van der Waals surface area contributed by atoms with E-state index in [1.54, 1.807) is 0 Å². The SMILES string of the molecule is CCCC(CCO)CNC(=O)C(N)C(C)CC. The average molecular weight is 244 g/mol. The molecule has 17 heavy (non-hydrogen) atoms. The molecule has 0 spiro atoms. The monoisotopic (exact) mass is 244 g/mol. The van der Waals surface area contributed by atoms with E-state index in [4.69, 9.17) is 10.8 Å². The maximum absolute atomic E-state index is 11.8. The molecule has 0 saturated carbocycles. The van der Waals surface area contributed by atoms with Crippen LogP contribution in [0.3, 0.4) is 0 Å². The van der Waals surface area contributed by atoms with Crippen molar-refractivity contribution in [1.29, 1.82) is 0 Å². The number of rotatable bonds is 9. The van der Waals surface area contributed by atoms with Crippen molar-refractivity contribution in [2.24, 2.45) is 17.6 Å². The van der Waals surface area contributed by atoms with Gasteiger partial charge in [-0.3, -0.25) is 4.79 Å². The van der Waals surface area contributed by atoms with Crippen molar-refractivity contribution < 1.29 is 9.90 Å². The number of carbonyl (C=O) groups is 1. The molecule has 3 unspecified atom stereocenters. The van der Waals surface area contributed by atoms with Crippen LogP contribution in [0.15, 0.2) is 0 Å². The van der Waals surface area contributed by atoms with Gasteiger partial charge in [0.1, 0.15) is 0 Å². The van der Waals surface area contributed by atoms with Gasteiger partial charge in [-0.2, -0.15) is 0 Å². The Morgan fingerprint density at radius 2 is 2.00 bits per heavy atom. The number of amides is 1. The molecule has 0 aromatic heterocycles. The summed E-state index contributed by atoms with van der Waals surface area (Å²) >= 11 is 0. The highest BCUT2D eigenvalue weighted by Crippen LogP contribution is 2.10. The maximum Gasteiger partial charge on any atom is 0.237 e. The fourth-order valence-corrected chi connectivity index (χ4v) is 1.81. The van der Waals surface area contributed by atoms with Crippen molar-refractivity contribution in [3.8, 4) is 0 Å². The number of aliphatic hydroxyl groups is 1. The number of nitrogens with one attached hydrogen (secondary N) is 1. The first-order valence-corrected chi connectivity index (χ1v) is 6.70. The fraction of sp³-hybridized carbons (Fsp3) is 0.923. The van der Waals surface area contributed by atoms with Gasteiger partial charge in [-0.15, -0.1) is 0 Å². The number of nitrogens with two attached hydrogens (primary N) is 1. The Morgan fingerprint density at radius 3 is 2.47 bits per heavy atom. The Balaban J connectivity index is 4.02. The molecule has 3 atom stereocenters. The van der Waals surface area contributed by atoms with E-state index in [1.807, 2.05) is 13.8 Å². The molecule has 4 N–H and O–H groups in total. The predicted molar refractivity (Wildman–Crippen MR) is 70.5 cm³/mol. The minimum absolute atomic E-state index is 0.0709. The first kappa shape index (κ1) is 16.4. The van der Waals surface area contributed by atoms with Gasteiger partial charge in [-0.05, 0) is 24.7 Å². The molecule has 0 bridgehead atoms. The molecule has 0 fully saturated rings. The summed E-state index contributed by atoms with van der Waals surface area (Å²) in [5, 5.41) is 11.8. The average Bonchev–Trinajstić information content (AvgIpc) is 2.34. The van der Waals surface area contributed by atoms with Gasteiger partial charge in [-0.1, -0.05) is 33.6 Å². The van der Waals surface area contributed by atoms with Gasteiger partial charge in [0.2, 0.25) is 5.91 Å². The second-order valence-electron chi connectivity index (χ2n) is 4.82. The van der Waals surface area contributed by atoms with Gasteiger partial charge >= 0.3 is 0 Å². The smallest absolute Gasteiger partial charge is 0.237 e. The minimum atomic E-state index is -0.420. The van der Waals surface area contributed by atoms with Gasteiger partial charge in [0, 0.05) is 13.2 Å². The van der Waals surface area contributed by atoms with Crippen LogP contribution >= 0.6 is 0 Å². The highest BCUT2D eigenvalue weighted by atomic mass is 16.3. The van der Waals surface area contributed by atoms with Crippen LogP contribution in [0, 0.1) is 11.8 Å². The van der Waals surface area contributed by atoms with Crippen LogP contribution in [0.1, 0.15) is 46.5 Å². The summed E-state index contributed by atoms with van der Waals surface area (Å²) in [7, 11) is 0. The van der Waals surface area contributed by atoms with Crippen molar-refractivity contribution in [1.82, 2.24) is 5.32 Å². The van der Waals surface area contributed by atoms with Crippen molar-refractivity contribution >= 4 is 5.91 Å². The number of aliphatic hydroxyl groups excluding tert-OH is 1. The van der Waals surface area contributed by atoms with Gasteiger partial charge in [-0.25, -0.2) is 0 Å². The van der Waals surface area contributed by atoms with Gasteiger partial charge in [0.05, 0.1) is 6.04 Å². The van der Waals surface area contributed by atoms with Crippen molar-refractivity contribution in [3.63, 3.8) is 0 Å². The molecule has 102 valence electrons. The lowest BCUT2D eigenvalue weighted by Gasteiger charge is -2.20. The summed E-state index contributed by atoms with van der Waals surface area (Å²) < 4.78 is 0. The largest absolute Gasteiger partial charge is 0.396 e. The van der Waals surface area contributed by atoms with E-state index in [2.05, 4.69) is 12.2 Å². The highest BCUT2D eigenvalue weighted by Gasteiger charge is 2.19. The first-order chi connectivity index (χ1) is 8.06. The third-order valence-electron chi connectivity index (χ3n) is 3.36. The van der Waals surface area contributed by atoms with Crippen LogP contribution in [-0.2, 0) is 4.79 Å². The minimum Gasteiger partial charge on any atom is -0.396 e. The normalized spacial score (nSPS) is 16.3. The molecular weight excluding hydrogens is 216 g/mol. The molecule has 0 heterocycles. The van der Waals surface area contributed by atoms with Crippen LogP contribution in [-0.4, -0.2) is 30.2 Å². The summed E-state index contributed by atoms with van der Waals surface area (Å²) in [6, 6.07) is -0.420. The molecule has 1 amide bonds. The van der Waals surface area contributed by atoms with E-state index in [-0.39, 0.29) is 18.4 Å². The highest BCUT2D eigenvalue weighted by molar-refractivity contribution is 5.81. The molecular formula is C13H28N2O2. The molecule has 0 radical (unpaired) electrons. The number of carbonyl (C=O) groups excluding carboxylic acids is 1. The quantitative estimate of drug-likeness (QED) is 0.572. The molecule has 0 aliphatic rings. The van der Waals surface area contributed by atoms with E-state index in [0.717, 1.165) is 25.7 Å². The summed E-state index contributed by atoms with van der Waals surface area (Å²) in [6.07, 6.45) is 3.74. The molecule has 0 rings (SSSR count).